The van der Waals surface area contributed by atoms with E-state index >= 15 is 0 Å². The molecule has 8 nitrogen and oxygen atoms in total. The molecule has 158 valence electrons. The van der Waals surface area contributed by atoms with E-state index in [0.29, 0.717) is 45.2 Å². The van der Waals surface area contributed by atoms with Gasteiger partial charge >= 0.3 is 0 Å². The number of aliphatic imine (C=N–C) groups is 1. The lowest BCUT2D eigenvalue weighted by Crippen LogP contribution is -2.46. The summed E-state index contributed by atoms with van der Waals surface area (Å²) in [6, 6.07) is 6.64. The second kappa shape index (κ2) is 11.3. The summed E-state index contributed by atoms with van der Waals surface area (Å²) >= 11 is 0. The molecule has 0 bridgehead atoms. The zero-order valence-corrected chi connectivity index (χ0v) is 17.3. The fourth-order valence-corrected chi connectivity index (χ4v) is 3.51. The van der Waals surface area contributed by atoms with Gasteiger partial charge in [0.05, 0.1) is 25.5 Å². The van der Waals surface area contributed by atoms with Gasteiger partial charge in [-0.15, -0.1) is 0 Å². The molecule has 1 atom stereocenters. The van der Waals surface area contributed by atoms with Crippen LogP contribution in [0.1, 0.15) is 18.0 Å². The molecule has 1 fully saturated rings. The minimum atomic E-state index is -3.16. The van der Waals surface area contributed by atoms with Crippen LogP contribution >= 0.6 is 0 Å². The Kier molecular flexibility index (Phi) is 9.10. The molecule has 1 aliphatic rings. The second-order valence-corrected chi connectivity index (χ2v) is 8.45. The van der Waals surface area contributed by atoms with Crippen LogP contribution in [0.15, 0.2) is 29.3 Å². The Labute approximate surface area is 166 Å². The maximum Gasteiger partial charge on any atom is 0.208 e. The van der Waals surface area contributed by atoms with E-state index in [4.69, 9.17) is 4.74 Å². The molecule has 0 spiro atoms. The SMILES string of the molecule is CN=C(NCCCNS(C)(=O)=O)NCC(c1ccc(F)cc1)N1CCOCC1. The first-order valence-corrected chi connectivity index (χ1v) is 11.2. The largest absolute Gasteiger partial charge is 0.379 e. The van der Waals surface area contributed by atoms with Gasteiger partial charge in [-0.3, -0.25) is 9.89 Å². The second-order valence-electron chi connectivity index (χ2n) is 6.62. The van der Waals surface area contributed by atoms with Crippen LogP contribution in [-0.4, -0.2) is 78.5 Å². The van der Waals surface area contributed by atoms with E-state index in [2.05, 4.69) is 25.2 Å². The van der Waals surface area contributed by atoms with Crippen LogP contribution in [0.3, 0.4) is 0 Å². The molecule has 0 aromatic heterocycles. The third kappa shape index (κ3) is 8.09. The van der Waals surface area contributed by atoms with E-state index in [0.717, 1.165) is 24.9 Å². The fourth-order valence-electron chi connectivity index (χ4n) is 3.00. The normalized spacial score (nSPS) is 17.3. The number of rotatable bonds is 9. The first-order chi connectivity index (χ1) is 13.4. The number of hydrogen-bond donors (Lipinski definition) is 3. The molecule has 28 heavy (non-hydrogen) atoms. The van der Waals surface area contributed by atoms with Crippen LogP contribution in [0.2, 0.25) is 0 Å². The van der Waals surface area contributed by atoms with Gasteiger partial charge in [-0.1, -0.05) is 12.1 Å². The summed E-state index contributed by atoms with van der Waals surface area (Å²) < 4.78 is 43.3. The van der Waals surface area contributed by atoms with Crippen molar-refractivity contribution < 1.29 is 17.5 Å². The molecule has 3 N–H and O–H groups in total. The van der Waals surface area contributed by atoms with Gasteiger partial charge in [0.1, 0.15) is 5.82 Å². The van der Waals surface area contributed by atoms with Crippen molar-refractivity contribution in [3.63, 3.8) is 0 Å². The van der Waals surface area contributed by atoms with Gasteiger partial charge in [0.2, 0.25) is 10.0 Å². The Morgan fingerprint density at radius 3 is 2.50 bits per heavy atom. The van der Waals surface area contributed by atoms with Crippen molar-refractivity contribution in [3.8, 4) is 0 Å². The summed E-state index contributed by atoms with van der Waals surface area (Å²) in [5.41, 5.74) is 1.03. The Balaban J connectivity index is 1.88. The van der Waals surface area contributed by atoms with E-state index in [1.54, 1.807) is 7.05 Å². The Bertz CT molecular complexity index is 721. The lowest BCUT2D eigenvalue weighted by Gasteiger charge is -2.35. The summed E-state index contributed by atoms with van der Waals surface area (Å²) in [5, 5.41) is 6.49. The van der Waals surface area contributed by atoms with Crippen LogP contribution in [0.4, 0.5) is 4.39 Å². The molecule has 2 rings (SSSR count). The maximum atomic E-state index is 13.3. The first kappa shape index (κ1) is 22.5. The Hall–Kier alpha value is -1.75. The molecule has 1 aliphatic heterocycles. The minimum Gasteiger partial charge on any atom is -0.379 e. The summed E-state index contributed by atoms with van der Waals surface area (Å²) in [7, 11) is -1.48. The number of sulfonamides is 1. The summed E-state index contributed by atoms with van der Waals surface area (Å²) in [6.07, 6.45) is 1.78. The maximum absolute atomic E-state index is 13.3. The lowest BCUT2D eigenvalue weighted by atomic mass is 10.0. The number of hydrogen-bond acceptors (Lipinski definition) is 5. The number of morpholine rings is 1. The predicted octanol–water partition coefficient (Wildman–Crippen LogP) is 0.303. The highest BCUT2D eigenvalue weighted by molar-refractivity contribution is 7.88. The van der Waals surface area contributed by atoms with Crippen molar-refractivity contribution in [1.82, 2.24) is 20.3 Å². The van der Waals surface area contributed by atoms with Crippen LogP contribution in [0.25, 0.3) is 0 Å². The van der Waals surface area contributed by atoms with Gasteiger partial charge in [-0.25, -0.2) is 17.5 Å². The van der Waals surface area contributed by atoms with Gasteiger partial charge < -0.3 is 15.4 Å². The summed E-state index contributed by atoms with van der Waals surface area (Å²) in [6.45, 7) is 4.54. The number of guanidine groups is 1. The predicted molar refractivity (Wildman–Crippen MR) is 108 cm³/mol. The van der Waals surface area contributed by atoms with Gasteiger partial charge in [0.25, 0.3) is 0 Å². The topological polar surface area (TPSA) is 95.1 Å². The molecule has 0 radical (unpaired) electrons. The number of halogens is 1. The van der Waals surface area contributed by atoms with Crippen molar-refractivity contribution in [2.45, 2.75) is 12.5 Å². The van der Waals surface area contributed by atoms with Crippen LogP contribution in [-0.2, 0) is 14.8 Å². The number of nitrogens with one attached hydrogen (secondary N) is 3. The first-order valence-electron chi connectivity index (χ1n) is 9.35. The van der Waals surface area contributed by atoms with Gasteiger partial charge in [-0.05, 0) is 24.1 Å². The minimum absolute atomic E-state index is 0.0648. The van der Waals surface area contributed by atoms with Gasteiger partial charge in [-0.2, -0.15) is 0 Å². The third-order valence-corrected chi connectivity index (χ3v) is 5.17. The Morgan fingerprint density at radius 2 is 1.89 bits per heavy atom. The van der Waals surface area contributed by atoms with Crippen LogP contribution in [0.5, 0.6) is 0 Å². The van der Waals surface area contributed by atoms with Crippen molar-refractivity contribution >= 4 is 16.0 Å². The standard InChI is InChI=1S/C18H30FN5O3S/c1-20-18(21-8-3-9-23-28(2,25)26)22-14-17(24-10-12-27-13-11-24)15-4-6-16(19)7-5-15/h4-7,17,23H,3,8-14H2,1-2H3,(H2,20,21,22). The zero-order valence-electron chi connectivity index (χ0n) is 16.4. The summed E-state index contributed by atoms with van der Waals surface area (Å²) in [4.78, 5) is 6.52. The van der Waals surface area contributed by atoms with Crippen molar-refractivity contribution in [2.24, 2.45) is 4.99 Å². The molecule has 1 aromatic rings. The molecule has 0 saturated carbocycles. The van der Waals surface area contributed by atoms with Crippen molar-refractivity contribution in [3.05, 3.63) is 35.6 Å². The highest BCUT2D eigenvalue weighted by atomic mass is 32.2. The molecule has 0 amide bonds. The van der Waals surface area contributed by atoms with Crippen LogP contribution in [0, 0.1) is 5.82 Å². The number of benzene rings is 1. The van der Waals surface area contributed by atoms with Crippen molar-refractivity contribution in [1.29, 1.82) is 0 Å². The molecule has 1 unspecified atom stereocenters. The molecule has 1 saturated heterocycles. The highest BCUT2D eigenvalue weighted by Gasteiger charge is 2.23. The smallest absolute Gasteiger partial charge is 0.208 e. The quantitative estimate of drug-likeness (QED) is 0.305. The molecule has 10 heteroatoms. The van der Waals surface area contributed by atoms with Crippen LogP contribution < -0.4 is 15.4 Å². The van der Waals surface area contributed by atoms with Gasteiger partial charge in [0, 0.05) is 39.8 Å². The fraction of sp³-hybridized carbons (Fsp3) is 0.611. The van der Waals surface area contributed by atoms with Crippen molar-refractivity contribution in [2.75, 3.05) is 59.2 Å². The van der Waals surface area contributed by atoms with E-state index in [1.807, 2.05) is 12.1 Å². The highest BCUT2D eigenvalue weighted by Crippen LogP contribution is 2.21. The number of nitrogens with zero attached hydrogens (tertiary/aromatic N) is 2. The van der Waals surface area contributed by atoms with E-state index < -0.39 is 10.0 Å². The monoisotopic (exact) mass is 415 g/mol. The van der Waals surface area contributed by atoms with Gasteiger partial charge in [0.15, 0.2) is 5.96 Å². The van der Waals surface area contributed by atoms with E-state index in [1.165, 1.54) is 12.1 Å². The van der Waals surface area contributed by atoms with E-state index in [9.17, 15) is 12.8 Å². The van der Waals surface area contributed by atoms with E-state index in [-0.39, 0.29) is 11.9 Å². The number of ether oxygens (including phenoxy) is 1. The molecular formula is C18H30FN5O3S. The third-order valence-electron chi connectivity index (χ3n) is 4.44. The summed E-state index contributed by atoms with van der Waals surface area (Å²) in [5.74, 6) is 0.386. The average molecular weight is 416 g/mol. The lowest BCUT2D eigenvalue weighted by molar-refractivity contribution is 0.0170. The molecule has 1 heterocycles. The molecular weight excluding hydrogens is 385 g/mol. The molecule has 1 aromatic carbocycles. The average Bonchev–Trinajstić information content (AvgIpc) is 2.67. The molecule has 0 aliphatic carbocycles. The zero-order chi connectivity index (χ0) is 20.4. The Morgan fingerprint density at radius 1 is 1.21 bits per heavy atom.